The van der Waals surface area contributed by atoms with Crippen LogP contribution < -0.4 is 0 Å². The number of amides is 1. The van der Waals surface area contributed by atoms with Crippen LogP contribution in [0.4, 0.5) is 0 Å². The molecule has 0 saturated carbocycles. The molecule has 2 unspecified atom stereocenters. The van der Waals surface area contributed by atoms with Gasteiger partial charge in [-0.05, 0) is 31.4 Å². The number of nitrogens with zero attached hydrogens (tertiary/aromatic N) is 4. The SMILES string of the molecule is Cc1ccccc1C1CC(C)N(C(=O)CCn2cncn2)C1. The number of hydrogen-bond acceptors (Lipinski definition) is 3. The molecule has 1 aliphatic rings. The molecular weight excluding hydrogens is 276 g/mol. The molecule has 0 aliphatic carbocycles. The van der Waals surface area contributed by atoms with Gasteiger partial charge in [0.25, 0.3) is 0 Å². The summed E-state index contributed by atoms with van der Waals surface area (Å²) in [6.45, 7) is 5.71. The van der Waals surface area contributed by atoms with Gasteiger partial charge in [-0.3, -0.25) is 9.48 Å². The average molecular weight is 298 g/mol. The van der Waals surface area contributed by atoms with Crippen LogP contribution in [0.15, 0.2) is 36.9 Å². The van der Waals surface area contributed by atoms with E-state index in [1.165, 1.54) is 17.5 Å². The molecule has 0 bridgehead atoms. The summed E-state index contributed by atoms with van der Waals surface area (Å²) in [6.07, 6.45) is 4.67. The second-order valence-corrected chi connectivity index (χ2v) is 6.09. The molecule has 22 heavy (non-hydrogen) atoms. The molecule has 2 heterocycles. The van der Waals surface area contributed by atoms with Crippen LogP contribution in [0.5, 0.6) is 0 Å². The van der Waals surface area contributed by atoms with E-state index in [1.54, 1.807) is 11.0 Å². The van der Waals surface area contributed by atoms with Crippen molar-refractivity contribution in [3.8, 4) is 0 Å². The van der Waals surface area contributed by atoms with E-state index >= 15 is 0 Å². The van der Waals surface area contributed by atoms with Gasteiger partial charge in [0.1, 0.15) is 12.7 Å². The summed E-state index contributed by atoms with van der Waals surface area (Å²) in [4.78, 5) is 18.4. The van der Waals surface area contributed by atoms with Gasteiger partial charge in [-0.2, -0.15) is 5.10 Å². The number of rotatable bonds is 4. The molecule has 2 atom stereocenters. The fourth-order valence-electron chi connectivity index (χ4n) is 3.35. The Kier molecular flexibility index (Phi) is 4.22. The third kappa shape index (κ3) is 3.03. The van der Waals surface area contributed by atoms with E-state index in [-0.39, 0.29) is 5.91 Å². The minimum Gasteiger partial charge on any atom is -0.339 e. The Morgan fingerprint density at radius 2 is 2.18 bits per heavy atom. The van der Waals surface area contributed by atoms with Crippen molar-refractivity contribution in [2.45, 2.75) is 45.2 Å². The van der Waals surface area contributed by atoms with Crippen LogP contribution in [0.2, 0.25) is 0 Å². The van der Waals surface area contributed by atoms with Crippen molar-refractivity contribution in [2.75, 3.05) is 6.54 Å². The maximum Gasteiger partial charge on any atom is 0.224 e. The average Bonchev–Trinajstić information content (AvgIpc) is 3.15. The van der Waals surface area contributed by atoms with Crippen LogP contribution in [-0.2, 0) is 11.3 Å². The van der Waals surface area contributed by atoms with Crippen molar-refractivity contribution in [1.29, 1.82) is 0 Å². The fraction of sp³-hybridized carbons (Fsp3) is 0.471. The summed E-state index contributed by atoms with van der Waals surface area (Å²) < 4.78 is 1.71. The second-order valence-electron chi connectivity index (χ2n) is 6.09. The van der Waals surface area contributed by atoms with Crippen molar-refractivity contribution >= 4 is 5.91 Å². The Bertz CT molecular complexity index is 638. The molecular formula is C17H22N4O. The molecule has 1 saturated heterocycles. The number of benzene rings is 1. The summed E-state index contributed by atoms with van der Waals surface area (Å²) in [5, 5.41) is 4.04. The van der Waals surface area contributed by atoms with E-state index in [0.717, 1.165) is 13.0 Å². The Morgan fingerprint density at radius 1 is 1.36 bits per heavy atom. The van der Waals surface area contributed by atoms with Gasteiger partial charge >= 0.3 is 0 Å². The van der Waals surface area contributed by atoms with E-state index < -0.39 is 0 Å². The minimum atomic E-state index is 0.207. The molecule has 2 aromatic rings. The topological polar surface area (TPSA) is 51.0 Å². The van der Waals surface area contributed by atoms with Crippen molar-refractivity contribution in [3.05, 3.63) is 48.0 Å². The Hall–Kier alpha value is -2.17. The van der Waals surface area contributed by atoms with Gasteiger partial charge in [-0.15, -0.1) is 0 Å². The summed E-state index contributed by atoms with van der Waals surface area (Å²) >= 11 is 0. The zero-order valence-electron chi connectivity index (χ0n) is 13.1. The minimum absolute atomic E-state index is 0.207. The van der Waals surface area contributed by atoms with Crippen LogP contribution in [0.1, 0.15) is 36.8 Å². The lowest BCUT2D eigenvalue weighted by atomic mass is 9.93. The van der Waals surface area contributed by atoms with Crippen LogP contribution in [0.25, 0.3) is 0 Å². The number of carbonyl (C=O) groups excluding carboxylic acids is 1. The maximum absolute atomic E-state index is 12.5. The molecule has 1 amide bonds. The smallest absolute Gasteiger partial charge is 0.224 e. The largest absolute Gasteiger partial charge is 0.339 e. The van der Waals surface area contributed by atoms with Gasteiger partial charge in [0.2, 0.25) is 5.91 Å². The van der Waals surface area contributed by atoms with E-state index in [2.05, 4.69) is 48.2 Å². The van der Waals surface area contributed by atoms with Crippen molar-refractivity contribution in [2.24, 2.45) is 0 Å². The summed E-state index contributed by atoms with van der Waals surface area (Å²) in [5.74, 6) is 0.658. The number of hydrogen-bond donors (Lipinski definition) is 0. The Labute approximate surface area is 131 Å². The highest BCUT2D eigenvalue weighted by molar-refractivity contribution is 5.77. The summed E-state index contributed by atoms with van der Waals surface area (Å²) in [6, 6.07) is 8.79. The predicted molar refractivity (Wildman–Crippen MR) is 84.4 cm³/mol. The number of likely N-dealkylation sites (tertiary alicyclic amines) is 1. The van der Waals surface area contributed by atoms with Crippen LogP contribution in [0.3, 0.4) is 0 Å². The van der Waals surface area contributed by atoms with E-state index in [9.17, 15) is 4.79 Å². The molecule has 0 radical (unpaired) electrons. The predicted octanol–water partition coefficient (Wildman–Crippen LogP) is 2.38. The van der Waals surface area contributed by atoms with Crippen molar-refractivity contribution in [1.82, 2.24) is 19.7 Å². The fourth-order valence-corrected chi connectivity index (χ4v) is 3.35. The van der Waals surface area contributed by atoms with Gasteiger partial charge in [0, 0.05) is 24.9 Å². The van der Waals surface area contributed by atoms with Crippen molar-refractivity contribution in [3.63, 3.8) is 0 Å². The van der Waals surface area contributed by atoms with Crippen LogP contribution >= 0.6 is 0 Å². The lowest BCUT2D eigenvalue weighted by Gasteiger charge is -2.21. The Balaban J connectivity index is 1.63. The highest BCUT2D eigenvalue weighted by Gasteiger charge is 2.33. The van der Waals surface area contributed by atoms with E-state index in [0.29, 0.717) is 24.9 Å². The van der Waals surface area contributed by atoms with Gasteiger partial charge in [0.15, 0.2) is 0 Å². The lowest BCUT2D eigenvalue weighted by Crippen LogP contribution is -2.34. The molecule has 5 heteroatoms. The molecule has 0 N–H and O–H groups in total. The number of aromatic nitrogens is 3. The van der Waals surface area contributed by atoms with Gasteiger partial charge in [-0.1, -0.05) is 24.3 Å². The van der Waals surface area contributed by atoms with Gasteiger partial charge < -0.3 is 4.90 Å². The first kappa shape index (κ1) is 14.8. The normalized spacial score (nSPS) is 21.3. The molecule has 5 nitrogen and oxygen atoms in total. The second kappa shape index (κ2) is 6.30. The van der Waals surface area contributed by atoms with Crippen LogP contribution in [0, 0.1) is 6.92 Å². The van der Waals surface area contributed by atoms with E-state index in [4.69, 9.17) is 0 Å². The first-order valence-electron chi connectivity index (χ1n) is 7.82. The number of carbonyl (C=O) groups is 1. The lowest BCUT2D eigenvalue weighted by molar-refractivity contribution is -0.132. The quantitative estimate of drug-likeness (QED) is 0.871. The maximum atomic E-state index is 12.5. The number of aryl methyl sites for hydroxylation is 2. The summed E-state index contributed by atoms with van der Waals surface area (Å²) in [7, 11) is 0. The molecule has 1 fully saturated rings. The van der Waals surface area contributed by atoms with Crippen molar-refractivity contribution < 1.29 is 4.79 Å². The first-order chi connectivity index (χ1) is 10.6. The summed E-state index contributed by atoms with van der Waals surface area (Å²) in [5.41, 5.74) is 2.69. The highest BCUT2D eigenvalue weighted by Crippen LogP contribution is 2.33. The molecule has 1 aromatic heterocycles. The van der Waals surface area contributed by atoms with E-state index in [1.807, 2.05) is 4.90 Å². The molecule has 3 rings (SSSR count). The zero-order valence-corrected chi connectivity index (χ0v) is 13.1. The van der Waals surface area contributed by atoms with Gasteiger partial charge in [0.05, 0.1) is 6.54 Å². The molecule has 1 aliphatic heterocycles. The zero-order chi connectivity index (χ0) is 15.5. The standard InChI is InChI=1S/C17H22N4O/c1-13-5-3-4-6-16(13)15-9-14(2)21(10-15)17(22)7-8-20-12-18-11-19-20/h3-6,11-12,14-15H,7-10H2,1-2H3. The highest BCUT2D eigenvalue weighted by atomic mass is 16.2. The van der Waals surface area contributed by atoms with Gasteiger partial charge in [-0.25, -0.2) is 4.98 Å². The Morgan fingerprint density at radius 3 is 2.91 bits per heavy atom. The first-order valence-corrected chi connectivity index (χ1v) is 7.82. The monoisotopic (exact) mass is 298 g/mol. The third-order valence-electron chi connectivity index (χ3n) is 4.54. The molecule has 116 valence electrons. The molecule has 0 spiro atoms. The molecule has 1 aromatic carbocycles. The third-order valence-corrected chi connectivity index (χ3v) is 4.54. The van der Waals surface area contributed by atoms with Crippen LogP contribution in [-0.4, -0.2) is 38.2 Å².